The first-order valence-electron chi connectivity index (χ1n) is 8.36. The number of carbonyl (C=O) groups excluding carboxylic acids is 2. The number of hydrogen-bond acceptors (Lipinski definition) is 4. The average Bonchev–Trinajstić information content (AvgIpc) is 2.87. The van der Waals surface area contributed by atoms with Crippen molar-refractivity contribution in [2.45, 2.75) is 26.3 Å². The molecule has 6 heteroatoms. The first-order chi connectivity index (χ1) is 12.4. The minimum absolute atomic E-state index is 0.00617. The van der Waals surface area contributed by atoms with Gasteiger partial charge in [-0.3, -0.25) is 19.5 Å². The fraction of sp³-hybridized carbons (Fsp3) is 0.250. The molecule has 1 N–H and O–H groups in total. The number of Topliss-reactive ketones (excluding diaryl/α,β-unsaturated/α-hetero) is 1. The van der Waals surface area contributed by atoms with Gasteiger partial charge in [0.2, 0.25) is 0 Å². The van der Waals surface area contributed by atoms with Crippen LogP contribution in [0.1, 0.15) is 32.0 Å². The molecule has 0 fully saturated rings. The van der Waals surface area contributed by atoms with E-state index in [4.69, 9.17) is 0 Å². The highest BCUT2D eigenvalue weighted by Gasteiger charge is 2.44. The van der Waals surface area contributed by atoms with E-state index in [2.05, 4.69) is 4.98 Å². The van der Waals surface area contributed by atoms with Gasteiger partial charge < -0.3 is 5.11 Å². The molecule has 1 aliphatic rings. The number of aliphatic hydroxyl groups is 1. The molecule has 3 rings (SSSR count). The molecule has 0 saturated carbocycles. The van der Waals surface area contributed by atoms with Crippen molar-refractivity contribution in [2.75, 3.05) is 4.90 Å². The zero-order valence-corrected chi connectivity index (χ0v) is 14.5. The topological polar surface area (TPSA) is 70.5 Å². The normalized spacial score (nSPS) is 17.3. The minimum Gasteiger partial charge on any atom is -0.503 e. The Balaban J connectivity index is 2.14. The van der Waals surface area contributed by atoms with E-state index in [0.717, 1.165) is 0 Å². The highest BCUT2D eigenvalue weighted by molar-refractivity contribution is 6.16. The molecule has 0 spiro atoms. The van der Waals surface area contributed by atoms with Crippen molar-refractivity contribution in [3.63, 3.8) is 0 Å². The third-order valence-corrected chi connectivity index (χ3v) is 4.16. The quantitative estimate of drug-likeness (QED) is 0.888. The summed E-state index contributed by atoms with van der Waals surface area (Å²) in [5.41, 5.74) is 0.692. The second kappa shape index (κ2) is 7.07. The maximum Gasteiger partial charge on any atom is 0.294 e. The van der Waals surface area contributed by atoms with Gasteiger partial charge in [0.15, 0.2) is 11.5 Å². The van der Waals surface area contributed by atoms with Gasteiger partial charge in [0, 0.05) is 18.3 Å². The largest absolute Gasteiger partial charge is 0.503 e. The van der Waals surface area contributed by atoms with Crippen LogP contribution in [0.3, 0.4) is 0 Å². The van der Waals surface area contributed by atoms with Crippen LogP contribution in [0, 0.1) is 11.7 Å². The summed E-state index contributed by atoms with van der Waals surface area (Å²) in [6, 6.07) is 9.71. The van der Waals surface area contributed by atoms with E-state index in [0.29, 0.717) is 5.69 Å². The Hall–Kier alpha value is -3.02. The molecule has 0 bridgehead atoms. The number of aromatic nitrogens is 1. The van der Waals surface area contributed by atoms with Crippen LogP contribution >= 0.6 is 0 Å². The van der Waals surface area contributed by atoms with Gasteiger partial charge in [-0.25, -0.2) is 4.39 Å². The van der Waals surface area contributed by atoms with Crippen LogP contribution in [0.2, 0.25) is 0 Å². The molecule has 1 amide bonds. The molecule has 1 atom stereocenters. The summed E-state index contributed by atoms with van der Waals surface area (Å²) < 4.78 is 13.7. The molecule has 2 aromatic rings. The molecule has 1 aromatic carbocycles. The Morgan fingerprint density at radius 3 is 2.65 bits per heavy atom. The molecule has 1 unspecified atom stereocenters. The number of pyridine rings is 1. The van der Waals surface area contributed by atoms with E-state index >= 15 is 0 Å². The number of ketones is 1. The van der Waals surface area contributed by atoms with Gasteiger partial charge in [-0.15, -0.1) is 0 Å². The third kappa shape index (κ3) is 3.22. The van der Waals surface area contributed by atoms with Crippen LogP contribution < -0.4 is 4.90 Å². The van der Waals surface area contributed by atoms with E-state index < -0.39 is 23.5 Å². The van der Waals surface area contributed by atoms with Gasteiger partial charge in [-0.05, 0) is 36.2 Å². The number of rotatable bonds is 5. The lowest BCUT2D eigenvalue weighted by molar-refractivity contribution is -0.118. The first kappa shape index (κ1) is 17.8. The third-order valence-electron chi connectivity index (χ3n) is 4.16. The first-order valence-corrected chi connectivity index (χ1v) is 8.36. The minimum atomic E-state index is -0.892. The molecule has 2 heterocycles. The van der Waals surface area contributed by atoms with Gasteiger partial charge in [-0.2, -0.15) is 0 Å². The van der Waals surface area contributed by atoms with Crippen molar-refractivity contribution in [2.24, 2.45) is 5.92 Å². The maximum absolute atomic E-state index is 13.7. The van der Waals surface area contributed by atoms with Crippen LogP contribution in [0.25, 0.3) is 0 Å². The van der Waals surface area contributed by atoms with Crippen molar-refractivity contribution in [3.8, 4) is 0 Å². The van der Waals surface area contributed by atoms with Gasteiger partial charge in [0.1, 0.15) is 11.9 Å². The lowest BCUT2D eigenvalue weighted by Crippen LogP contribution is -2.31. The Labute approximate surface area is 150 Å². The Bertz CT molecular complexity index is 878. The van der Waals surface area contributed by atoms with E-state index in [9.17, 15) is 19.1 Å². The number of anilines is 1. The van der Waals surface area contributed by atoms with E-state index in [1.54, 1.807) is 30.5 Å². The van der Waals surface area contributed by atoms with E-state index in [-0.39, 0.29) is 29.4 Å². The maximum atomic E-state index is 13.7. The molecular formula is C20H19FN2O3. The van der Waals surface area contributed by atoms with Crippen LogP contribution in [0.5, 0.6) is 0 Å². The summed E-state index contributed by atoms with van der Waals surface area (Å²) in [4.78, 5) is 30.9. The monoisotopic (exact) mass is 354 g/mol. The smallest absolute Gasteiger partial charge is 0.294 e. The number of amides is 1. The number of hydrogen-bond donors (Lipinski definition) is 1. The van der Waals surface area contributed by atoms with Crippen molar-refractivity contribution in [1.29, 1.82) is 0 Å². The fourth-order valence-electron chi connectivity index (χ4n) is 3.08. The predicted octanol–water partition coefficient (Wildman–Crippen LogP) is 3.74. The fourth-order valence-corrected chi connectivity index (χ4v) is 3.08. The Morgan fingerprint density at radius 2 is 2.04 bits per heavy atom. The van der Waals surface area contributed by atoms with E-state index in [1.165, 1.54) is 23.1 Å². The van der Waals surface area contributed by atoms with Gasteiger partial charge in [0.25, 0.3) is 5.91 Å². The average molecular weight is 354 g/mol. The molecular weight excluding hydrogens is 335 g/mol. The number of nitrogens with zero attached hydrogens (tertiary/aromatic N) is 2. The van der Waals surface area contributed by atoms with Crippen molar-refractivity contribution in [1.82, 2.24) is 4.98 Å². The summed E-state index contributed by atoms with van der Waals surface area (Å²) in [5.74, 6) is -2.11. The number of aliphatic hydroxyl groups excluding tert-OH is 1. The predicted molar refractivity (Wildman–Crippen MR) is 95.0 cm³/mol. The summed E-state index contributed by atoms with van der Waals surface area (Å²) in [7, 11) is 0. The second-order valence-electron chi connectivity index (χ2n) is 6.60. The molecule has 134 valence electrons. The molecule has 1 aliphatic heterocycles. The molecule has 0 radical (unpaired) electrons. The van der Waals surface area contributed by atoms with Gasteiger partial charge in [0.05, 0.1) is 11.3 Å². The van der Waals surface area contributed by atoms with Gasteiger partial charge in [-0.1, -0.05) is 26.0 Å². The standard InChI is InChI=1S/C20H19FN2O3/c1-12(2)10-16(24)17-18(15-8-3-4-9-22-15)23(20(26)19(17)25)14-7-5-6-13(21)11-14/h3-9,11-12,18,25H,10H2,1-2H3. The van der Waals surface area contributed by atoms with Gasteiger partial charge >= 0.3 is 0 Å². The summed E-state index contributed by atoms with van der Waals surface area (Å²) in [5, 5.41) is 10.4. The molecule has 0 saturated heterocycles. The number of benzene rings is 1. The van der Waals surface area contributed by atoms with E-state index in [1.807, 2.05) is 13.8 Å². The molecule has 0 aliphatic carbocycles. The van der Waals surface area contributed by atoms with Crippen molar-refractivity contribution >= 4 is 17.4 Å². The Morgan fingerprint density at radius 1 is 1.27 bits per heavy atom. The van der Waals surface area contributed by atoms with Crippen LogP contribution in [0.15, 0.2) is 60.0 Å². The summed E-state index contributed by atoms with van der Waals surface area (Å²) >= 11 is 0. The second-order valence-corrected chi connectivity index (χ2v) is 6.60. The molecule has 1 aromatic heterocycles. The van der Waals surface area contributed by atoms with Crippen molar-refractivity contribution in [3.05, 3.63) is 71.5 Å². The molecule has 26 heavy (non-hydrogen) atoms. The lowest BCUT2D eigenvalue weighted by atomic mass is 9.94. The zero-order valence-electron chi connectivity index (χ0n) is 14.5. The summed E-state index contributed by atoms with van der Waals surface area (Å²) in [6.45, 7) is 3.76. The number of carbonyl (C=O) groups is 2. The van der Waals surface area contributed by atoms with Crippen LogP contribution in [-0.4, -0.2) is 21.8 Å². The zero-order chi connectivity index (χ0) is 18.8. The number of halogens is 1. The van der Waals surface area contributed by atoms with Crippen LogP contribution in [-0.2, 0) is 9.59 Å². The lowest BCUT2D eigenvalue weighted by Gasteiger charge is -2.26. The summed E-state index contributed by atoms with van der Waals surface area (Å²) in [6.07, 6.45) is 1.73. The highest BCUT2D eigenvalue weighted by Crippen LogP contribution is 2.40. The SMILES string of the molecule is CC(C)CC(=O)C1=C(O)C(=O)N(c2cccc(F)c2)C1c1ccccn1. The van der Waals surface area contributed by atoms with Crippen LogP contribution in [0.4, 0.5) is 10.1 Å². The molecule has 5 nitrogen and oxygen atoms in total. The highest BCUT2D eigenvalue weighted by atomic mass is 19.1. The van der Waals surface area contributed by atoms with Crippen molar-refractivity contribution < 1.29 is 19.1 Å². The Kier molecular flexibility index (Phi) is 4.84.